The molecule has 0 fully saturated rings. The summed E-state index contributed by atoms with van der Waals surface area (Å²) >= 11 is 0. The van der Waals surface area contributed by atoms with Gasteiger partial charge in [0.05, 0.1) is 0 Å². The van der Waals surface area contributed by atoms with E-state index in [1.165, 1.54) is 0 Å². The van der Waals surface area contributed by atoms with Gasteiger partial charge in [-0.2, -0.15) is 0 Å². The van der Waals surface area contributed by atoms with Gasteiger partial charge in [0.25, 0.3) is 0 Å². The summed E-state index contributed by atoms with van der Waals surface area (Å²) in [7, 11) is -13.4. The monoisotopic (exact) mass is 880 g/mol. The second kappa shape index (κ2) is 17.5. The highest BCUT2D eigenvalue weighted by Gasteiger charge is 2.40. The zero-order chi connectivity index (χ0) is 42.6. The Morgan fingerprint density at radius 2 is 0.532 bits per heavy atom. The van der Waals surface area contributed by atoms with Crippen LogP contribution in [0.2, 0.25) is 0 Å². The third-order valence-electron chi connectivity index (χ3n) is 11.8. The first kappa shape index (κ1) is 41.5. The molecule has 4 nitrogen and oxygen atoms in total. The van der Waals surface area contributed by atoms with E-state index in [0.717, 1.165) is 10.6 Å². The fourth-order valence-electron chi connectivity index (χ4n) is 8.57. The van der Waals surface area contributed by atoms with Crippen molar-refractivity contribution in [2.45, 2.75) is 12.1 Å². The lowest BCUT2D eigenvalue weighted by Crippen LogP contribution is -2.28. The first-order chi connectivity index (χ1) is 30.3. The molecule has 0 aromatic heterocycles. The van der Waals surface area contributed by atoms with Crippen LogP contribution in [-0.2, 0) is 18.3 Å². The van der Waals surface area contributed by atoms with E-state index in [-0.39, 0.29) is 5.66 Å². The molecule has 8 heteroatoms. The van der Waals surface area contributed by atoms with Crippen molar-refractivity contribution in [1.82, 2.24) is 0 Å². The van der Waals surface area contributed by atoms with Gasteiger partial charge in [0.15, 0.2) is 21.4 Å². The smallest absolute Gasteiger partial charge is 0.171 e. The predicted octanol–water partition coefficient (Wildman–Crippen LogP) is 9.51. The molecule has 304 valence electrons. The summed E-state index contributed by atoms with van der Waals surface area (Å²) in [6.07, 6.45) is 6.27. The third kappa shape index (κ3) is 7.36. The third-order valence-corrected chi connectivity index (χ3v) is 24.5. The lowest BCUT2D eigenvalue weighted by atomic mass is 10.2. The normalized spacial score (nSPS) is 14.5. The number of hydrogen-bond acceptors (Lipinski definition) is 4. The van der Waals surface area contributed by atoms with Crippen LogP contribution < -0.4 is 53.0 Å². The Morgan fingerprint density at radius 3 is 0.790 bits per heavy atom. The molecule has 0 saturated heterocycles. The molecule has 9 rings (SSSR count). The van der Waals surface area contributed by atoms with Crippen LogP contribution in [0.3, 0.4) is 0 Å². The SMILES string of the molecule is O=P(C1=CCC(P(=O)(c2ccccc2)c2ccccc2)C=C1)(c1ccc(P(=O)(c2ccccc2)c2ccccc2)cc1)c1ccc(P(=O)(c2ccccc2)c2ccccc2)cc1. The van der Waals surface area contributed by atoms with E-state index in [1.807, 2.05) is 249 Å². The van der Waals surface area contributed by atoms with E-state index < -0.39 is 28.6 Å². The maximum Gasteiger partial charge on any atom is 0.171 e. The van der Waals surface area contributed by atoms with Crippen LogP contribution in [-0.4, -0.2) is 5.66 Å². The van der Waals surface area contributed by atoms with Gasteiger partial charge in [0, 0.05) is 64.0 Å². The van der Waals surface area contributed by atoms with E-state index >= 15 is 18.3 Å². The van der Waals surface area contributed by atoms with Crippen molar-refractivity contribution in [3.8, 4) is 0 Å². The van der Waals surface area contributed by atoms with E-state index in [9.17, 15) is 0 Å². The number of hydrogen-bond donors (Lipinski definition) is 0. The summed E-state index contributed by atoms with van der Waals surface area (Å²) in [6, 6.07) is 72.1. The van der Waals surface area contributed by atoms with Crippen molar-refractivity contribution >= 4 is 81.6 Å². The van der Waals surface area contributed by atoms with Crippen LogP contribution in [0.25, 0.3) is 0 Å². The molecule has 0 spiro atoms. The molecule has 0 aliphatic heterocycles. The van der Waals surface area contributed by atoms with Gasteiger partial charge in [0.2, 0.25) is 0 Å². The average Bonchev–Trinajstić information content (AvgIpc) is 3.37. The molecule has 1 aliphatic rings. The van der Waals surface area contributed by atoms with Gasteiger partial charge >= 0.3 is 0 Å². The molecule has 0 N–H and O–H groups in total. The van der Waals surface area contributed by atoms with Crippen molar-refractivity contribution in [2.24, 2.45) is 0 Å². The number of rotatable bonds is 12. The molecular weight excluding hydrogens is 836 g/mol. The van der Waals surface area contributed by atoms with Crippen molar-refractivity contribution in [2.75, 3.05) is 0 Å². The Labute approximate surface area is 364 Å². The summed E-state index contributed by atoms with van der Waals surface area (Å²) in [4.78, 5) is 0. The van der Waals surface area contributed by atoms with E-state index in [2.05, 4.69) is 0 Å². The minimum atomic E-state index is -3.65. The zero-order valence-corrected chi connectivity index (χ0v) is 37.5. The predicted molar refractivity (Wildman–Crippen MR) is 264 cm³/mol. The fourth-order valence-corrected chi connectivity index (χ4v) is 19.6. The standard InChI is InChI=1S/C54H44O4P4/c55-59(43-19-7-1-8-20-43,44-21-9-2-10-22-44)49-31-37-52(38-32-49)62(58,53-39-33-50(34-40-53)60(56,45-23-11-3-12-24-45)46-25-13-4-14-26-46)54-41-35-51(36-42-54)61(57,47-27-15-5-16-28-47)48-29-17-6-18-30-48/h1-35,37-42,51H,36H2. The summed E-state index contributed by atoms with van der Waals surface area (Å²) < 4.78 is 62.4. The summed E-state index contributed by atoms with van der Waals surface area (Å²) in [5.74, 6) is 0. The summed E-state index contributed by atoms with van der Waals surface area (Å²) in [5, 5.41) is 7.41. The molecule has 1 aliphatic carbocycles. The molecule has 0 saturated carbocycles. The van der Waals surface area contributed by atoms with Crippen molar-refractivity contribution in [1.29, 1.82) is 0 Å². The van der Waals surface area contributed by atoms with Crippen LogP contribution in [0.15, 0.2) is 254 Å². The Balaban J connectivity index is 1.17. The van der Waals surface area contributed by atoms with Gasteiger partial charge in [-0.1, -0.05) is 249 Å². The van der Waals surface area contributed by atoms with Crippen LogP contribution in [0.1, 0.15) is 6.42 Å². The summed E-state index contributed by atoms with van der Waals surface area (Å²) in [6.45, 7) is 0. The largest absolute Gasteiger partial charge is 0.313 e. The van der Waals surface area contributed by atoms with Crippen molar-refractivity contribution < 1.29 is 18.3 Å². The topological polar surface area (TPSA) is 68.3 Å². The van der Waals surface area contributed by atoms with Gasteiger partial charge in [-0.05, 0) is 6.42 Å². The van der Waals surface area contributed by atoms with Gasteiger partial charge in [-0.15, -0.1) is 0 Å². The maximum absolute atomic E-state index is 16.3. The van der Waals surface area contributed by atoms with E-state index in [1.54, 1.807) is 0 Å². The molecule has 0 heterocycles. The fraction of sp³-hybridized carbons (Fsp3) is 0.0370. The van der Waals surface area contributed by atoms with Gasteiger partial charge in [-0.3, -0.25) is 0 Å². The Kier molecular flexibility index (Phi) is 11.7. The molecule has 0 radical (unpaired) electrons. The van der Waals surface area contributed by atoms with Crippen molar-refractivity contribution in [3.05, 3.63) is 254 Å². The second-order valence-corrected chi connectivity index (χ2v) is 26.6. The second-order valence-electron chi connectivity index (χ2n) is 15.3. The van der Waals surface area contributed by atoms with E-state index in [0.29, 0.717) is 54.2 Å². The van der Waals surface area contributed by atoms with Gasteiger partial charge < -0.3 is 18.3 Å². The Bertz CT molecular complexity index is 2790. The molecule has 8 aromatic carbocycles. The van der Waals surface area contributed by atoms with Gasteiger partial charge in [0.1, 0.15) is 7.14 Å². The molecule has 62 heavy (non-hydrogen) atoms. The zero-order valence-electron chi connectivity index (χ0n) is 33.9. The quantitative estimate of drug-likeness (QED) is 0.115. The maximum atomic E-state index is 16.3. The van der Waals surface area contributed by atoms with Gasteiger partial charge in [-0.25, -0.2) is 0 Å². The average molecular weight is 881 g/mol. The highest BCUT2D eigenvalue weighted by Crippen LogP contribution is 2.58. The molecule has 0 bridgehead atoms. The number of allylic oxidation sites excluding steroid dienone is 4. The Hall–Kier alpha value is -5.84. The van der Waals surface area contributed by atoms with Crippen LogP contribution >= 0.6 is 28.6 Å². The lowest BCUT2D eigenvalue weighted by Gasteiger charge is -2.30. The highest BCUT2D eigenvalue weighted by molar-refractivity contribution is 7.86. The molecule has 1 atom stereocenters. The number of benzene rings is 8. The van der Waals surface area contributed by atoms with Crippen LogP contribution in [0.4, 0.5) is 0 Å². The van der Waals surface area contributed by atoms with E-state index in [4.69, 9.17) is 0 Å². The first-order valence-corrected chi connectivity index (χ1v) is 27.5. The minimum absolute atomic E-state index is 0.362. The lowest BCUT2D eigenvalue weighted by molar-refractivity contribution is 0.581. The van der Waals surface area contributed by atoms with Crippen LogP contribution in [0, 0.1) is 0 Å². The first-order valence-electron chi connectivity index (χ1n) is 20.6. The Morgan fingerprint density at radius 1 is 0.290 bits per heavy atom. The minimum Gasteiger partial charge on any atom is -0.313 e. The molecule has 0 amide bonds. The molecule has 8 aromatic rings. The summed E-state index contributed by atoms with van der Waals surface area (Å²) in [5.41, 5.74) is -0.362. The highest BCUT2D eigenvalue weighted by atomic mass is 31.2. The van der Waals surface area contributed by atoms with Crippen LogP contribution in [0.5, 0.6) is 0 Å². The van der Waals surface area contributed by atoms with Crippen molar-refractivity contribution in [3.63, 3.8) is 0 Å². The molecule has 1 unspecified atom stereocenters. The molecular formula is C54H44O4P4.